The van der Waals surface area contributed by atoms with E-state index in [1.54, 1.807) is 0 Å². The molecular weight excluding hydrogens is 303 g/mol. The minimum atomic E-state index is -2.21. The maximum Gasteiger partial charge on any atom is 0.200 e. The van der Waals surface area contributed by atoms with E-state index in [1.807, 2.05) is 0 Å². The van der Waals surface area contributed by atoms with Gasteiger partial charge in [0.05, 0.1) is 17.7 Å². The number of methoxy groups -OCH3 is 1. The van der Waals surface area contributed by atoms with E-state index in [4.69, 9.17) is 16.3 Å². The van der Waals surface area contributed by atoms with Crippen LogP contribution in [-0.2, 0) is 0 Å². The van der Waals surface area contributed by atoms with Crippen LogP contribution in [0, 0.1) is 29.1 Å². The molecule has 2 aromatic carbocycles. The van der Waals surface area contributed by atoms with Crippen molar-refractivity contribution in [2.45, 2.75) is 0 Å². The van der Waals surface area contributed by atoms with Crippen LogP contribution in [-0.4, -0.2) is 7.11 Å². The van der Waals surface area contributed by atoms with Gasteiger partial charge in [0.25, 0.3) is 0 Å². The van der Waals surface area contributed by atoms with E-state index < -0.39 is 34.6 Å². The number of hydrogen-bond donors (Lipinski definition) is 0. The zero-order valence-electron chi connectivity index (χ0n) is 9.91. The molecule has 106 valence electrons. The molecule has 0 atom stereocenters. The van der Waals surface area contributed by atoms with Gasteiger partial charge in [-0.3, -0.25) is 0 Å². The van der Waals surface area contributed by atoms with Gasteiger partial charge >= 0.3 is 0 Å². The average Bonchev–Trinajstić information content (AvgIpc) is 2.43. The molecule has 0 bridgehead atoms. The molecule has 0 aliphatic heterocycles. The molecule has 7 heteroatoms. The third-order valence-electron chi connectivity index (χ3n) is 2.65. The van der Waals surface area contributed by atoms with E-state index in [0.717, 1.165) is 12.1 Å². The Hall–Kier alpha value is -1.82. The lowest BCUT2D eigenvalue weighted by Gasteiger charge is -2.10. The van der Waals surface area contributed by atoms with Crippen LogP contribution in [0.1, 0.15) is 0 Å². The second kappa shape index (κ2) is 5.28. The lowest BCUT2D eigenvalue weighted by Crippen LogP contribution is -2.04. The fourth-order valence-corrected chi connectivity index (χ4v) is 1.94. The van der Waals surface area contributed by atoms with Crippen LogP contribution in [0.4, 0.5) is 22.0 Å². The van der Waals surface area contributed by atoms with Crippen LogP contribution in [0.15, 0.2) is 18.2 Å². The van der Waals surface area contributed by atoms with Gasteiger partial charge in [0, 0.05) is 0 Å². The summed E-state index contributed by atoms with van der Waals surface area (Å²) >= 11 is 5.76. The molecule has 0 heterocycles. The van der Waals surface area contributed by atoms with Crippen molar-refractivity contribution >= 4 is 11.6 Å². The maximum atomic E-state index is 13.6. The topological polar surface area (TPSA) is 9.23 Å². The van der Waals surface area contributed by atoms with Crippen molar-refractivity contribution < 1.29 is 26.7 Å². The molecule has 0 aromatic heterocycles. The standard InChI is InChI=1S/C13H6ClF5O/c1-20-7-3-2-5(4-6(7)14)8-9(15)11(17)13(19)12(18)10(8)16/h2-4H,1H3. The first-order chi connectivity index (χ1) is 9.38. The molecule has 0 saturated carbocycles. The highest BCUT2D eigenvalue weighted by Gasteiger charge is 2.26. The Morgan fingerprint density at radius 2 is 1.35 bits per heavy atom. The SMILES string of the molecule is COc1ccc(-c2c(F)c(F)c(F)c(F)c2F)cc1Cl. The maximum absolute atomic E-state index is 13.6. The summed E-state index contributed by atoms with van der Waals surface area (Å²) in [6, 6.07) is 3.46. The lowest BCUT2D eigenvalue weighted by molar-refractivity contribution is 0.381. The number of halogens is 6. The normalized spacial score (nSPS) is 10.8. The minimum Gasteiger partial charge on any atom is -0.495 e. The fourth-order valence-electron chi connectivity index (χ4n) is 1.68. The highest BCUT2D eigenvalue weighted by atomic mass is 35.5. The first-order valence-electron chi connectivity index (χ1n) is 5.23. The van der Waals surface area contributed by atoms with Crippen molar-refractivity contribution in [3.05, 3.63) is 52.3 Å². The number of hydrogen-bond acceptors (Lipinski definition) is 1. The predicted octanol–water partition coefficient (Wildman–Crippen LogP) is 4.71. The van der Waals surface area contributed by atoms with Crippen molar-refractivity contribution in [1.29, 1.82) is 0 Å². The van der Waals surface area contributed by atoms with Gasteiger partial charge in [0.1, 0.15) is 5.75 Å². The molecule has 2 rings (SSSR count). The van der Waals surface area contributed by atoms with Gasteiger partial charge in [-0.05, 0) is 17.7 Å². The molecule has 0 amide bonds. The lowest BCUT2D eigenvalue weighted by atomic mass is 10.0. The summed E-state index contributed by atoms with van der Waals surface area (Å²) in [5.74, 6) is -9.84. The molecule has 0 N–H and O–H groups in total. The molecule has 0 aliphatic rings. The van der Waals surface area contributed by atoms with Crippen molar-refractivity contribution in [2.24, 2.45) is 0 Å². The third-order valence-corrected chi connectivity index (χ3v) is 2.95. The first-order valence-corrected chi connectivity index (χ1v) is 5.61. The van der Waals surface area contributed by atoms with E-state index in [9.17, 15) is 22.0 Å². The van der Waals surface area contributed by atoms with E-state index in [-0.39, 0.29) is 16.3 Å². The summed E-state index contributed by atoms with van der Waals surface area (Å²) in [5, 5.41) is -0.0195. The van der Waals surface area contributed by atoms with Crippen molar-refractivity contribution in [3.63, 3.8) is 0 Å². The van der Waals surface area contributed by atoms with Gasteiger partial charge in [0.15, 0.2) is 23.3 Å². The van der Waals surface area contributed by atoms with E-state index in [2.05, 4.69) is 0 Å². The number of rotatable bonds is 2. The van der Waals surface area contributed by atoms with Crippen LogP contribution >= 0.6 is 11.6 Å². The van der Waals surface area contributed by atoms with Crippen LogP contribution in [0.25, 0.3) is 11.1 Å². The molecule has 0 saturated heterocycles. The summed E-state index contributed by atoms with van der Waals surface area (Å²) in [5.41, 5.74) is -1.28. The van der Waals surface area contributed by atoms with Gasteiger partial charge in [-0.2, -0.15) is 0 Å². The molecule has 2 aromatic rings. The Morgan fingerprint density at radius 1 is 0.850 bits per heavy atom. The largest absolute Gasteiger partial charge is 0.495 e. The van der Waals surface area contributed by atoms with Crippen molar-refractivity contribution in [3.8, 4) is 16.9 Å². The van der Waals surface area contributed by atoms with E-state index >= 15 is 0 Å². The quantitative estimate of drug-likeness (QED) is 0.443. The van der Waals surface area contributed by atoms with Gasteiger partial charge in [-0.1, -0.05) is 17.7 Å². The van der Waals surface area contributed by atoms with Crippen LogP contribution < -0.4 is 4.74 Å². The number of benzene rings is 2. The fraction of sp³-hybridized carbons (Fsp3) is 0.0769. The summed E-state index contributed by atoms with van der Waals surface area (Å²) in [6.07, 6.45) is 0. The molecule has 20 heavy (non-hydrogen) atoms. The van der Waals surface area contributed by atoms with Crippen LogP contribution in [0.3, 0.4) is 0 Å². The Labute approximate surface area is 115 Å². The third kappa shape index (κ3) is 2.20. The highest BCUT2D eigenvalue weighted by Crippen LogP contribution is 2.35. The number of ether oxygens (including phenoxy) is 1. The second-order valence-electron chi connectivity index (χ2n) is 3.79. The van der Waals surface area contributed by atoms with E-state index in [0.29, 0.717) is 0 Å². The Morgan fingerprint density at radius 3 is 1.80 bits per heavy atom. The first kappa shape index (κ1) is 14.6. The van der Waals surface area contributed by atoms with Gasteiger partial charge in [-0.15, -0.1) is 0 Å². The van der Waals surface area contributed by atoms with Crippen molar-refractivity contribution in [1.82, 2.24) is 0 Å². The molecule has 0 radical (unpaired) electrons. The summed E-state index contributed by atoms with van der Waals surface area (Å²) < 4.78 is 71.2. The van der Waals surface area contributed by atoms with Crippen LogP contribution in [0.2, 0.25) is 5.02 Å². The van der Waals surface area contributed by atoms with Gasteiger partial charge in [0.2, 0.25) is 5.82 Å². The van der Waals surface area contributed by atoms with Gasteiger partial charge < -0.3 is 4.74 Å². The molecule has 0 aliphatic carbocycles. The molecule has 0 fully saturated rings. The average molecular weight is 309 g/mol. The van der Waals surface area contributed by atoms with Gasteiger partial charge in [-0.25, -0.2) is 22.0 Å². The Bertz CT molecular complexity index is 658. The monoisotopic (exact) mass is 308 g/mol. The minimum absolute atomic E-state index is 0.0195. The second-order valence-corrected chi connectivity index (χ2v) is 4.20. The van der Waals surface area contributed by atoms with Crippen molar-refractivity contribution in [2.75, 3.05) is 7.11 Å². The molecule has 0 spiro atoms. The summed E-state index contributed by atoms with van der Waals surface area (Å²) in [4.78, 5) is 0. The van der Waals surface area contributed by atoms with Crippen LogP contribution in [0.5, 0.6) is 5.75 Å². The Balaban J connectivity index is 2.73. The van der Waals surface area contributed by atoms with E-state index in [1.165, 1.54) is 13.2 Å². The zero-order chi connectivity index (χ0) is 15.0. The summed E-state index contributed by atoms with van der Waals surface area (Å²) in [7, 11) is 1.32. The molecule has 0 unspecified atom stereocenters. The summed E-state index contributed by atoms with van der Waals surface area (Å²) in [6.45, 7) is 0. The Kier molecular flexibility index (Phi) is 3.85. The zero-order valence-corrected chi connectivity index (χ0v) is 10.7. The predicted molar refractivity (Wildman–Crippen MR) is 63.2 cm³/mol. The smallest absolute Gasteiger partial charge is 0.200 e. The molecule has 1 nitrogen and oxygen atoms in total. The highest BCUT2D eigenvalue weighted by molar-refractivity contribution is 6.32. The molecular formula is C13H6ClF5O.